The first-order chi connectivity index (χ1) is 8.97. The zero-order valence-corrected chi connectivity index (χ0v) is 11.9. The van der Waals surface area contributed by atoms with Crippen molar-refractivity contribution in [1.29, 1.82) is 0 Å². The molecule has 0 radical (unpaired) electrons. The molecule has 0 saturated carbocycles. The first kappa shape index (κ1) is 13.5. The van der Waals surface area contributed by atoms with E-state index < -0.39 is 0 Å². The third-order valence-electron chi connectivity index (χ3n) is 3.29. The Morgan fingerprint density at radius 2 is 1.58 bits per heavy atom. The number of anilines is 2. The number of rotatable bonds is 3. The molecule has 0 heterocycles. The van der Waals surface area contributed by atoms with Gasteiger partial charge in [0.15, 0.2) is 0 Å². The zero-order chi connectivity index (χ0) is 13.9. The fraction of sp³-hybridized carbons (Fsp3) is 0.294. The van der Waals surface area contributed by atoms with E-state index in [2.05, 4.69) is 50.4 Å². The number of benzene rings is 2. The van der Waals surface area contributed by atoms with Crippen molar-refractivity contribution in [3.8, 4) is 0 Å². The lowest BCUT2D eigenvalue weighted by atomic mass is 9.87. The number of nitrogen functional groups attached to an aromatic ring is 1. The fourth-order valence-corrected chi connectivity index (χ4v) is 1.98. The predicted octanol–water partition coefficient (Wildman–Crippen LogP) is 4.18. The lowest BCUT2D eigenvalue weighted by Crippen LogP contribution is -2.10. The smallest absolute Gasteiger partial charge is 0.0421 e. The summed E-state index contributed by atoms with van der Waals surface area (Å²) < 4.78 is 0. The van der Waals surface area contributed by atoms with Crippen molar-refractivity contribution in [2.75, 3.05) is 11.1 Å². The van der Waals surface area contributed by atoms with Crippen LogP contribution in [0.1, 0.15) is 31.9 Å². The molecule has 0 amide bonds. The Morgan fingerprint density at radius 1 is 0.947 bits per heavy atom. The second-order valence-corrected chi connectivity index (χ2v) is 5.88. The highest BCUT2D eigenvalue weighted by molar-refractivity contribution is 5.51. The Hall–Kier alpha value is -1.96. The highest BCUT2D eigenvalue weighted by Gasteiger charge is 2.12. The van der Waals surface area contributed by atoms with Gasteiger partial charge < -0.3 is 11.1 Å². The van der Waals surface area contributed by atoms with E-state index in [-0.39, 0.29) is 5.41 Å². The molecule has 100 valence electrons. The van der Waals surface area contributed by atoms with Gasteiger partial charge in [0.2, 0.25) is 0 Å². The van der Waals surface area contributed by atoms with Gasteiger partial charge in [0.05, 0.1) is 0 Å². The van der Waals surface area contributed by atoms with Crippen LogP contribution in [0.15, 0.2) is 48.5 Å². The van der Waals surface area contributed by atoms with Gasteiger partial charge in [0.25, 0.3) is 0 Å². The third-order valence-corrected chi connectivity index (χ3v) is 3.29. The molecule has 0 saturated heterocycles. The molecular formula is C17H22N2. The molecule has 0 aliphatic rings. The average molecular weight is 254 g/mol. The summed E-state index contributed by atoms with van der Waals surface area (Å²) in [4.78, 5) is 0. The first-order valence-corrected chi connectivity index (χ1v) is 6.64. The van der Waals surface area contributed by atoms with Crippen LogP contribution in [0.2, 0.25) is 0 Å². The largest absolute Gasteiger partial charge is 0.398 e. The Morgan fingerprint density at radius 3 is 2.16 bits per heavy atom. The summed E-state index contributed by atoms with van der Waals surface area (Å²) in [6.45, 7) is 7.42. The molecule has 3 N–H and O–H groups in total. The van der Waals surface area contributed by atoms with Crippen LogP contribution in [0.3, 0.4) is 0 Å². The fourth-order valence-electron chi connectivity index (χ4n) is 1.98. The highest BCUT2D eigenvalue weighted by atomic mass is 14.9. The van der Waals surface area contributed by atoms with Crippen molar-refractivity contribution >= 4 is 11.4 Å². The van der Waals surface area contributed by atoms with Crippen molar-refractivity contribution in [3.05, 3.63) is 59.7 Å². The minimum atomic E-state index is 0.197. The van der Waals surface area contributed by atoms with Crippen LogP contribution in [0, 0.1) is 0 Å². The molecule has 0 bridgehead atoms. The van der Waals surface area contributed by atoms with Gasteiger partial charge in [0.1, 0.15) is 0 Å². The van der Waals surface area contributed by atoms with Gasteiger partial charge in [-0.2, -0.15) is 0 Å². The summed E-state index contributed by atoms with van der Waals surface area (Å²) in [6.07, 6.45) is 0. The topological polar surface area (TPSA) is 38.0 Å². The van der Waals surface area contributed by atoms with Crippen LogP contribution in [0.25, 0.3) is 0 Å². The molecule has 0 fully saturated rings. The predicted molar refractivity (Wildman–Crippen MR) is 83.3 cm³/mol. The van der Waals surface area contributed by atoms with Gasteiger partial charge in [-0.05, 0) is 34.7 Å². The molecule has 2 aromatic carbocycles. The summed E-state index contributed by atoms with van der Waals surface area (Å²) in [5.41, 5.74) is 10.6. The summed E-state index contributed by atoms with van der Waals surface area (Å²) in [7, 11) is 0. The number of hydrogen-bond donors (Lipinski definition) is 2. The molecule has 0 aliphatic carbocycles. The van der Waals surface area contributed by atoms with Crippen molar-refractivity contribution < 1.29 is 0 Å². The molecular weight excluding hydrogens is 232 g/mol. The van der Waals surface area contributed by atoms with Crippen LogP contribution in [-0.4, -0.2) is 0 Å². The van der Waals surface area contributed by atoms with Gasteiger partial charge in [-0.25, -0.2) is 0 Å². The summed E-state index contributed by atoms with van der Waals surface area (Å²) in [5, 5.41) is 3.40. The van der Waals surface area contributed by atoms with Gasteiger partial charge in [-0.3, -0.25) is 0 Å². The van der Waals surface area contributed by atoms with Crippen molar-refractivity contribution in [1.82, 2.24) is 0 Å². The zero-order valence-electron chi connectivity index (χ0n) is 11.9. The van der Waals surface area contributed by atoms with E-state index in [0.29, 0.717) is 0 Å². The molecule has 2 heteroatoms. The molecule has 19 heavy (non-hydrogen) atoms. The SMILES string of the molecule is CC(C)(C)c1ccc(NCc2ccccc2N)cc1. The van der Waals surface area contributed by atoms with E-state index in [1.165, 1.54) is 5.56 Å². The highest BCUT2D eigenvalue weighted by Crippen LogP contribution is 2.23. The van der Waals surface area contributed by atoms with Crippen LogP contribution in [0.5, 0.6) is 0 Å². The van der Waals surface area contributed by atoms with E-state index in [0.717, 1.165) is 23.5 Å². The number of nitrogens with two attached hydrogens (primary N) is 1. The molecule has 0 aliphatic heterocycles. The molecule has 0 atom stereocenters. The number of nitrogens with one attached hydrogen (secondary N) is 1. The molecule has 0 aromatic heterocycles. The Kier molecular flexibility index (Phi) is 3.79. The van der Waals surface area contributed by atoms with E-state index in [1.807, 2.05) is 24.3 Å². The average Bonchev–Trinajstić information content (AvgIpc) is 2.37. The van der Waals surface area contributed by atoms with Gasteiger partial charge in [0, 0.05) is 17.9 Å². The minimum Gasteiger partial charge on any atom is -0.398 e. The van der Waals surface area contributed by atoms with Gasteiger partial charge in [-0.1, -0.05) is 51.1 Å². The first-order valence-electron chi connectivity index (χ1n) is 6.64. The van der Waals surface area contributed by atoms with E-state index in [4.69, 9.17) is 5.73 Å². The van der Waals surface area contributed by atoms with Crippen molar-refractivity contribution in [3.63, 3.8) is 0 Å². The minimum absolute atomic E-state index is 0.197. The van der Waals surface area contributed by atoms with Crippen LogP contribution >= 0.6 is 0 Å². The number of para-hydroxylation sites is 1. The molecule has 2 aromatic rings. The van der Waals surface area contributed by atoms with Crippen LogP contribution < -0.4 is 11.1 Å². The van der Waals surface area contributed by atoms with E-state index >= 15 is 0 Å². The lowest BCUT2D eigenvalue weighted by molar-refractivity contribution is 0.590. The quantitative estimate of drug-likeness (QED) is 0.806. The Bertz CT molecular complexity index is 536. The standard InChI is InChI=1S/C17H22N2/c1-17(2,3)14-8-10-15(11-9-14)19-12-13-6-4-5-7-16(13)18/h4-11,19H,12,18H2,1-3H3. The maximum atomic E-state index is 5.93. The summed E-state index contributed by atoms with van der Waals surface area (Å²) in [6, 6.07) is 16.5. The molecule has 0 spiro atoms. The molecule has 2 nitrogen and oxygen atoms in total. The van der Waals surface area contributed by atoms with Crippen molar-refractivity contribution in [2.45, 2.75) is 32.7 Å². The second-order valence-electron chi connectivity index (χ2n) is 5.88. The molecule has 2 rings (SSSR count). The lowest BCUT2D eigenvalue weighted by Gasteiger charge is -2.19. The van der Waals surface area contributed by atoms with Crippen molar-refractivity contribution in [2.24, 2.45) is 0 Å². The van der Waals surface area contributed by atoms with Crippen LogP contribution in [0.4, 0.5) is 11.4 Å². The van der Waals surface area contributed by atoms with Gasteiger partial charge >= 0.3 is 0 Å². The summed E-state index contributed by atoms with van der Waals surface area (Å²) >= 11 is 0. The maximum Gasteiger partial charge on any atom is 0.0421 e. The Labute approximate surface area is 115 Å². The second kappa shape index (κ2) is 5.35. The normalized spacial score (nSPS) is 11.3. The molecule has 0 unspecified atom stereocenters. The maximum absolute atomic E-state index is 5.93. The third kappa shape index (κ3) is 3.50. The number of hydrogen-bond acceptors (Lipinski definition) is 2. The Balaban J connectivity index is 2.03. The van der Waals surface area contributed by atoms with Crippen LogP contribution in [-0.2, 0) is 12.0 Å². The van der Waals surface area contributed by atoms with E-state index in [1.54, 1.807) is 0 Å². The summed E-state index contributed by atoms with van der Waals surface area (Å²) in [5.74, 6) is 0. The van der Waals surface area contributed by atoms with Gasteiger partial charge in [-0.15, -0.1) is 0 Å². The monoisotopic (exact) mass is 254 g/mol. The van der Waals surface area contributed by atoms with E-state index in [9.17, 15) is 0 Å².